The molecule has 1 aliphatic heterocycles. The molecule has 1 atom stereocenters. The largest absolute Gasteiger partial charge is 0.342 e. The monoisotopic (exact) mass is 239 g/mol. The Balaban J connectivity index is 1.58. The smallest absolute Gasteiger partial charge is 0.236 e. The van der Waals surface area contributed by atoms with E-state index >= 15 is 0 Å². The predicted octanol–water partition coefficient (Wildman–Crippen LogP) is 0.539. The van der Waals surface area contributed by atoms with Gasteiger partial charge in [-0.05, 0) is 44.8 Å². The van der Waals surface area contributed by atoms with Gasteiger partial charge < -0.3 is 15.1 Å². The van der Waals surface area contributed by atoms with Gasteiger partial charge in [-0.25, -0.2) is 0 Å². The lowest BCUT2D eigenvalue weighted by Gasteiger charge is -2.18. The van der Waals surface area contributed by atoms with Crippen molar-refractivity contribution in [3.05, 3.63) is 0 Å². The molecule has 0 spiro atoms. The average Bonchev–Trinajstić information content (AvgIpc) is 3.08. The molecule has 1 aliphatic carbocycles. The molecular weight excluding hydrogens is 214 g/mol. The Labute approximate surface area is 104 Å². The summed E-state index contributed by atoms with van der Waals surface area (Å²) in [5, 5.41) is 3.32. The molecule has 4 heteroatoms. The summed E-state index contributed by atoms with van der Waals surface area (Å²) >= 11 is 0. The van der Waals surface area contributed by atoms with Crippen LogP contribution in [0.3, 0.4) is 0 Å². The number of hydrogen-bond donors (Lipinski definition) is 1. The number of nitrogens with one attached hydrogen (secondary N) is 1. The molecule has 4 nitrogen and oxygen atoms in total. The lowest BCUT2D eigenvalue weighted by atomic mass is 10.1. The van der Waals surface area contributed by atoms with E-state index in [-0.39, 0.29) is 5.91 Å². The SMILES string of the molecule is CCN1CCC(CNCC(=O)N(C)C2CC2)C1. The molecular formula is C13H25N3O. The highest BCUT2D eigenvalue weighted by Crippen LogP contribution is 2.25. The summed E-state index contributed by atoms with van der Waals surface area (Å²) in [5.41, 5.74) is 0. The molecule has 1 amide bonds. The molecule has 1 heterocycles. The number of rotatable bonds is 6. The molecule has 2 rings (SSSR count). The minimum atomic E-state index is 0.248. The first-order valence-corrected chi connectivity index (χ1v) is 6.89. The molecule has 1 N–H and O–H groups in total. The number of carbonyl (C=O) groups is 1. The Bertz CT molecular complexity index is 265. The Morgan fingerprint density at radius 2 is 2.18 bits per heavy atom. The summed E-state index contributed by atoms with van der Waals surface area (Å²) in [5.74, 6) is 0.979. The zero-order valence-corrected chi connectivity index (χ0v) is 11.1. The number of nitrogens with zero attached hydrogens (tertiary/aromatic N) is 2. The van der Waals surface area contributed by atoms with Crippen molar-refractivity contribution in [3.63, 3.8) is 0 Å². The molecule has 98 valence electrons. The zero-order valence-electron chi connectivity index (χ0n) is 11.1. The van der Waals surface area contributed by atoms with Gasteiger partial charge in [-0.3, -0.25) is 4.79 Å². The topological polar surface area (TPSA) is 35.6 Å². The van der Waals surface area contributed by atoms with Gasteiger partial charge in [0.05, 0.1) is 6.54 Å². The summed E-state index contributed by atoms with van der Waals surface area (Å²) in [6, 6.07) is 0.534. The van der Waals surface area contributed by atoms with E-state index in [4.69, 9.17) is 0 Å². The van der Waals surface area contributed by atoms with Gasteiger partial charge in [0.25, 0.3) is 0 Å². The van der Waals surface area contributed by atoms with Crippen molar-refractivity contribution < 1.29 is 4.79 Å². The first kappa shape index (κ1) is 12.8. The number of amides is 1. The lowest BCUT2D eigenvalue weighted by Crippen LogP contribution is -2.38. The van der Waals surface area contributed by atoms with Crippen molar-refractivity contribution in [3.8, 4) is 0 Å². The fraction of sp³-hybridized carbons (Fsp3) is 0.923. The highest BCUT2D eigenvalue weighted by atomic mass is 16.2. The standard InChI is InChI=1S/C13H25N3O/c1-3-16-7-6-11(10-16)8-14-9-13(17)15(2)12-4-5-12/h11-12,14H,3-10H2,1-2H3. The third-order valence-electron chi connectivity index (χ3n) is 4.01. The van der Waals surface area contributed by atoms with Crippen LogP contribution in [0.15, 0.2) is 0 Å². The molecule has 2 aliphatic rings. The maximum atomic E-state index is 11.8. The lowest BCUT2D eigenvalue weighted by molar-refractivity contribution is -0.129. The molecule has 0 aromatic rings. The molecule has 1 saturated carbocycles. The molecule has 0 aromatic carbocycles. The van der Waals surface area contributed by atoms with Crippen LogP contribution in [0.5, 0.6) is 0 Å². The van der Waals surface area contributed by atoms with Crippen LogP contribution >= 0.6 is 0 Å². The van der Waals surface area contributed by atoms with Crippen LogP contribution in [0.25, 0.3) is 0 Å². The van der Waals surface area contributed by atoms with Crippen LogP contribution in [0, 0.1) is 5.92 Å². The number of hydrogen-bond acceptors (Lipinski definition) is 3. The molecule has 0 radical (unpaired) electrons. The van der Waals surface area contributed by atoms with Crippen LogP contribution in [0.1, 0.15) is 26.2 Å². The summed E-state index contributed by atoms with van der Waals surface area (Å²) in [6.45, 7) is 7.27. The van der Waals surface area contributed by atoms with Gasteiger partial charge in [-0.15, -0.1) is 0 Å². The Morgan fingerprint density at radius 1 is 1.41 bits per heavy atom. The first-order chi connectivity index (χ1) is 8.20. The molecule has 1 unspecified atom stereocenters. The van der Waals surface area contributed by atoms with Gasteiger partial charge in [0.2, 0.25) is 5.91 Å². The maximum absolute atomic E-state index is 11.8. The van der Waals surface area contributed by atoms with Gasteiger partial charge >= 0.3 is 0 Å². The third-order valence-corrected chi connectivity index (χ3v) is 4.01. The van der Waals surface area contributed by atoms with Crippen LogP contribution in [-0.4, -0.2) is 61.5 Å². The fourth-order valence-electron chi connectivity index (χ4n) is 2.54. The van der Waals surface area contributed by atoms with Crippen molar-refractivity contribution in [2.75, 3.05) is 39.8 Å². The van der Waals surface area contributed by atoms with E-state index in [0.29, 0.717) is 12.6 Å². The fourth-order valence-corrected chi connectivity index (χ4v) is 2.54. The first-order valence-electron chi connectivity index (χ1n) is 6.89. The Morgan fingerprint density at radius 3 is 2.76 bits per heavy atom. The van der Waals surface area contributed by atoms with Gasteiger partial charge in [-0.1, -0.05) is 6.92 Å². The minimum absolute atomic E-state index is 0.248. The van der Waals surface area contributed by atoms with Crippen LogP contribution < -0.4 is 5.32 Å². The molecule has 0 aromatic heterocycles. The minimum Gasteiger partial charge on any atom is -0.342 e. The summed E-state index contributed by atoms with van der Waals surface area (Å²) in [6.07, 6.45) is 3.65. The van der Waals surface area contributed by atoms with E-state index in [0.717, 1.165) is 19.0 Å². The molecule has 2 fully saturated rings. The van der Waals surface area contributed by atoms with E-state index in [1.165, 1.54) is 32.4 Å². The Hall–Kier alpha value is -0.610. The van der Waals surface area contributed by atoms with E-state index < -0.39 is 0 Å². The summed E-state index contributed by atoms with van der Waals surface area (Å²) in [4.78, 5) is 16.2. The van der Waals surface area contributed by atoms with E-state index in [9.17, 15) is 4.79 Å². The van der Waals surface area contributed by atoms with Gasteiger partial charge in [0.1, 0.15) is 0 Å². The second-order valence-electron chi connectivity index (χ2n) is 5.41. The second-order valence-corrected chi connectivity index (χ2v) is 5.41. The van der Waals surface area contributed by atoms with Gasteiger partial charge in [0, 0.05) is 19.6 Å². The normalized spacial score (nSPS) is 25.2. The second kappa shape index (κ2) is 5.83. The van der Waals surface area contributed by atoms with Crippen molar-refractivity contribution in [1.29, 1.82) is 0 Å². The number of carbonyl (C=O) groups excluding carboxylic acids is 1. The van der Waals surface area contributed by atoms with Crippen molar-refractivity contribution in [1.82, 2.24) is 15.1 Å². The van der Waals surface area contributed by atoms with Crippen LogP contribution in [0.4, 0.5) is 0 Å². The van der Waals surface area contributed by atoms with E-state index in [2.05, 4.69) is 17.1 Å². The summed E-state index contributed by atoms with van der Waals surface area (Å²) in [7, 11) is 1.93. The highest BCUT2D eigenvalue weighted by Gasteiger charge is 2.29. The van der Waals surface area contributed by atoms with Gasteiger partial charge in [-0.2, -0.15) is 0 Å². The molecule has 1 saturated heterocycles. The molecule has 17 heavy (non-hydrogen) atoms. The highest BCUT2D eigenvalue weighted by molar-refractivity contribution is 5.78. The van der Waals surface area contributed by atoms with Crippen molar-refractivity contribution in [2.24, 2.45) is 5.92 Å². The number of likely N-dealkylation sites (N-methyl/N-ethyl adjacent to an activating group) is 1. The van der Waals surface area contributed by atoms with Crippen molar-refractivity contribution >= 4 is 5.91 Å². The predicted molar refractivity (Wildman–Crippen MR) is 68.9 cm³/mol. The zero-order chi connectivity index (χ0) is 12.3. The average molecular weight is 239 g/mol. The van der Waals surface area contributed by atoms with E-state index in [1.54, 1.807) is 0 Å². The maximum Gasteiger partial charge on any atom is 0.236 e. The molecule has 0 bridgehead atoms. The quantitative estimate of drug-likeness (QED) is 0.735. The van der Waals surface area contributed by atoms with E-state index in [1.807, 2.05) is 11.9 Å². The van der Waals surface area contributed by atoms with Crippen LogP contribution in [-0.2, 0) is 4.79 Å². The summed E-state index contributed by atoms with van der Waals surface area (Å²) < 4.78 is 0. The number of likely N-dealkylation sites (tertiary alicyclic amines) is 1. The van der Waals surface area contributed by atoms with Crippen molar-refractivity contribution in [2.45, 2.75) is 32.2 Å². The van der Waals surface area contributed by atoms with Crippen LogP contribution in [0.2, 0.25) is 0 Å². The Kier molecular flexibility index (Phi) is 4.40. The third kappa shape index (κ3) is 3.68. The van der Waals surface area contributed by atoms with Gasteiger partial charge in [0.15, 0.2) is 0 Å².